The molecule has 1 atom stereocenters. The van der Waals surface area contributed by atoms with Gasteiger partial charge in [0.25, 0.3) is 0 Å². The van der Waals surface area contributed by atoms with Crippen LogP contribution in [0.3, 0.4) is 0 Å². The summed E-state index contributed by atoms with van der Waals surface area (Å²) in [5, 5.41) is 0. The summed E-state index contributed by atoms with van der Waals surface area (Å²) in [4.78, 5) is 12.3. The van der Waals surface area contributed by atoms with Crippen LogP contribution in [0, 0.1) is 5.92 Å². The molecule has 2 aromatic carbocycles. The van der Waals surface area contributed by atoms with Gasteiger partial charge in [-0.1, -0.05) is 74.4 Å². The Morgan fingerprint density at radius 3 is 2.22 bits per heavy atom. The van der Waals surface area contributed by atoms with E-state index in [2.05, 4.69) is 55.5 Å². The largest absolute Gasteiger partial charge is 0.295 e. The molecular formula is C22H24O. The second-order valence-electron chi connectivity index (χ2n) is 6.39. The molecule has 0 amide bonds. The zero-order valence-corrected chi connectivity index (χ0v) is 13.8. The van der Waals surface area contributed by atoms with Crippen molar-refractivity contribution >= 4 is 11.4 Å². The topological polar surface area (TPSA) is 17.1 Å². The lowest BCUT2D eigenvalue weighted by Gasteiger charge is -2.21. The number of hydrogen-bond donors (Lipinski definition) is 0. The number of rotatable bonds is 5. The molecule has 0 saturated heterocycles. The quantitative estimate of drug-likeness (QED) is 0.671. The van der Waals surface area contributed by atoms with Crippen LogP contribution < -0.4 is 0 Å². The average molecular weight is 304 g/mol. The highest BCUT2D eigenvalue weighted by molar-refractivity contribution is 6.00. The van der Waals surface area contributed by atoms with Gasteiger partial charge >= 0.3 is 0 Å². The van der Waals surface area contributed by atoms with Crippen molar-refractivity contribution in [3.05, 3.63) is 66.2 Å². The smallest absolute Gasteiger partial charge is 0.159 e. The lowest BCUT2D eigenvalue weighted by molar-refractivity contribution is -0.118. The minimum Gasteiger partial charge on any atom is -0.295 e. The van der Waals surface area contributed by atoms with Gasteiger partial charge in [-0.2, -0.15) is 0 Å². The van der Waals surface area contributed by atoms with Crippen LogP contribution in [0.5, 0.6) is 0 Å². The fourth-order valence-electron chi connectivity index (χ4n) is 3.31. The molecule has 2 aromatic rings. The highest BCUT2D eigenvalue weighted by atomic mass is 16.1. The van der Waals surface area contributed by atoms with E-state index in [9.17, 15) is 4.79 Å². The van der Waals surface area contributed by atoms with Gasteiger partial charge < -0.3 is 0 Å². The standard InChI is InChI=1S/C22H24O/c1-2-3-7-20-14-15-21(16-22(20)23)19-12-10-18(11-13-19)17-8-5-4-6-9-17/h4-6,8-13,16,20H,2-3,7,14-15H2,1H3. The monoisotopic (exact) mass is 304 g/mol. The molecule has 1 aliphatic rings. The van der Waals surface area contributed by atoms with Crippen molar-refractivity contribution in [2.45, 2.75) is 39.0 Å². The molecule has 0 spiro atoms. The summed E-state index contributed by atoms with van der Waals surface area (Å²) in [5.74, 6) is 0.578. The average Bonchev–Trinajstić information content (AvgIpc) is 2.61. The molecule has 1 nitrogen and oxygen atoms in total. The maximum Gasteiger partial charge on any atom is 0.159 e. The van der Waals surface area contributed by atoms with E-state index in [1.807, 2.05) is 12.1 Å². The number of carbonyl (C=O) groups excluding carboxylic acids is 1. The van der Waals surface area contributed by atoms with Crippen molar-refractivity contribution in [1.82, 2.24) is 0 Å². The van der Waals surface area contributed by atoms with Gasteiger partial charge in [0.1, 0.15) is 0 Å². The summed E-state index contributed by atoms with van der Waals surface area (Å²) in [7, 11) is 0. The van der Waals surface area contributed by atoms with Crippen molar-refractivity contribution in [2.24, 2.45) is 5.92 Å². The predicted molar refractivity (Wildman–Crippen MR) is 97.1 cm³/mol. The SMILES string of the molecule is CCCCC1CCC(c2ccc(-c3ccccc3)cc2)=CC1=O. The lowest BCUT2D eigenvalue weighted by atomic mass is 9.83. The molecular weight excluding hydrogens is 280 g/mol. The van der Waals surface area contributed by atoms with Crippen LogP contribution in [-0.4, -0.2) is 5.78 Å². The third-order valence-corrected chi connectivity index (χ3v) is 4.75. The second kappa shape index (κ2) is 7.41. The molecule has 0 heterocycles. The number of allylic oxidation sites excluding steroid dienone is 2. The Balaban J connectivity index is 1.74. The van der Waals surface area contributed by atoms with Crippen LogP contribution in [0.4, 0.5) is 0 Å². The first-order valence-electron chi connectivity index (χ1n) is 8.68. The minimum absolute atomic E-state index is 0.252. The van der Waals surface area contributed by atoms with Crippen LogP contribution in [-0.2, 0) is 4.79 Å². The van der Waals surface area contributed by atoms with E-state index >= 15 is 0 Å². The summed E-state index contributed by atoms with van der Waals surface area (Å²) >= 11 is 0. The van der Waals surface area contributed by atoms with Crippen molar-refractivity contribution in [3.63, 3.8) is 0 Å². The number of benzene rings is 2. The van der Waals surface area contributed by atoms with Crippen molar-refractivity contribution < 1.29 is 4.79 Å². The Bertz CT molecular complexity index is 680. The second-order valence-corrected chi connectivity index (χ2v) is 6.39. The predicted octanol–water partition coefficient (Wildman–Crippen LogP) is 5.91. The first-order valence-corrected chi connectivity index (χ1v) is 8.68. The molecule has 0 N–H and O–H groups in total. The van der Waals surface area contributed by atoms with Crippen LogP contribution in [0.1, 0.15) is 44.6 Å². The summed E-state index contributed by atoms with van der Waals surface area (Å²) in [5.41, 5.74) is 4.83. The third kappa shape index (κ3) is 3.79. The minimum atomic E-state index is 0.252. The lowest BCUT2D eigenvalue weighted by Crippen LogP contribution is -2.17. The summed E-state index contributed by atoms with van der Waals surface area (Å²) < 4.78 is 0. The highest BCUT2D eigenvalue weighted by Gasteiger charge is 2.22. The van der Waals surface area contributed by atoms with Crippen molar-refractivity contribution in [1.29, 1.82) is 0 Å². The summed E-state index contributed by atoms with van der Waals surface area (Å²) in [6.45, 7) is 2.18. The number of hydrogen-bond acceptors (Lipinski definition) is 1. The van der Waals surface area contributed by atoms with Gasteiger partial charge in [-0.15, -0.1) is 0 Å². The molecule has 1 heteroatoms. The normalized spacial score (nSPS) is 17.9. The Morgan fingerprint density at radius 1 is 0.913 bits per heavy atom. The van der Waals surface area contributed by atoms with Crippen LogP contribution in [0.15, 0.2) is 60.7 Å². The van der Waals surface area contributed by atoms with Gasteiger partial charge in [0.2, 0.25) is 0 Å². The van der Waals surface area contributed by atoms with E-state index in [-0.39, 0.29) is 5.92 Å². The molecule has 1 unspecified atom stereocenters. The van der Waals surface area contributed by atoms with Gasteiger partial charge in [0.05, 0.1) is 0 Å². The van der Waals surface area contributed by atoms with Gasteiger partial charge in [0.15, 0.2) is 5.78 Å². The fraction of sp³-hybridized carbons (Fsp3) is 0.318. The van der Waals surface area contributed by atoms with E-state index in [1.54, 1.807) is 0 Å². The Morgan fingerprint density at radius 2 is 1.57 bits per heavy atom. The van der Waals surface area contributed by atoms with Gasteiger partial charge in [0, 0.05) is 5.92 Å². The van der Waals surface area contributed by atoms with E-state index in [4.69, 9.17) is 0 Å². The number of unbranched alkanes of at least 4 members (excludes halogenated alkanes) is 1. The fourth-order valence-corrected chi connectivity index (χ4v) is 3.31. The first kappa shape index (κ1) is 15.7. The summed E-state index contributed by atoms with van der Waals surface area (Å²) in [6.07, 6.45) is 7.29. The van der Waals surface area contributed by atoms with Crippen LogP contribution in [0.25, 0.3) is 16.7 Å². The maximum atomic E-state index is 12.3. The van der Waals surface area contributed by atoms with Crippen molar-refractivity contribution in [2.75, 3.05) is 0 Å². The molecule has 0 saturated carbocycles. The van der Waals surface area contributed by atoms with E-state index < -0.39 is 0 Å². The van der Waals surface area contributed by atoms with Gasteiger partial charge in [-0.05, 0) is 47.6 Å². The molecule has 1 aliphatic carbocycles. The first-order chi connectivity index (χ1) is 11.3. The molecule has 0 bridgehead atoms. The van der Waals surface area contributed by atoms with E-state index in [1.165, 1.54) is 28.7 Å². The molecule has 0 fully saturated rings. The Hall–Kier alpha value is -2.15. The Kier molecular flexibility index (Phi) is 5.07. The highest BCUT2D eigenvalue weighted by Crippen LogP contribution is 2.31. The third-order valence-electron chi connectivity index (χ3n) is 4.75. The van der Waals surface area contributed by atoms with Gasteiger partial charge in [-0.25, -0.2) is 0 Å². The van der Waals surface area contributed by atoms with Crippen LogP contribution >= 0.6 is 0 Å². The number of ketones is 1. The maximum absolute atomic E-state index is 12.3. The van der Waals surface area contributed by atoms with E-state index in [0.29, 0.717) is 5.78 Å². The zero-order valence-electron chi connectivity index (χ0n) is 13.8. The molecule has 0 aliphatic heterocycles. The molecule has 3 rings (SSSR count). The molecule has 0 radical (unpaired) electrons. The molecule has 23 heavy (non-hydrogen) atoms. The molecule has 118 valence electrons. The number of carbonyl (C=O) groups is 1. The molecule has 0 aromatic heterocycles. The van der Waals surface area contributed by atoms with Gasteiger partial charge in [-0.3, -0.25) is 4.79 Å². The summed E-state index contributed by atoms with van der Waals surface area (Å²) in [6, 6.07) is 19.0. The Labute approximate surface area is 139 Å². The van der Waals surface area contributed by atoms with Crippen molar-refractivity contribution in [3.8, 4) is 11.1 Å². The van der Waals surface area contributed by atoms with Crippen LogP contribution in [0.2, 0.25) is 0 Å². The van der Waals surface area contributed by atoms with E-state index in [0.717, 1.165) is 25.7 Å². The zero-order chi connectivity index (χ0) is 16.1.